The summed E-state index contributed by atoms with van der Waals surface area (Å²) in [5.41, 5.74) is 1.52. The molecule has 2 atom stereocenters. The lowest BCUT2D eigenvalue weighted by molar-refractivity contribution is -0.126. The van der Waals surface area contributed by atoms with E-state index in [1.807, 2.05) is 31.2 Å². The summed E-state index contributed by atoms with van der Waals surface area (Å²) in [6.45, 7) is 3.41. The molecule has 6 heteroatoms. The van der Waals surface area contributed by atoms with Crippen LogP contribution in [0.4, 0.5) is 10.1 Å². The Balaban J connectivity index is 1.79. The highest BCUT2D eigenvalue weighted by atomic mass is 35.5. The van der Waals surface area contributed by atoms with Gasteiger partial charge in [0.15, 0.2) is 6.10 Å². The number of rotatable bonds is 3. The first-order chi connectivity index (χ1) is 11.9. The van der Waals surface area contributed by atoms with E-state index in [0.29, 0.717) is 0 Å². The molecule has 3 rings (SSSR count). The number of ether oxygens (including phenoxy) is 1. The Bertz CT molecular complexity index is 819. The minimum Gasteiger partial charge on any atom is -0.449 e. The molecule has 130 valence electrons. The predicted octanol–water partition coefficient (Wildman–Crippen LogP) is 4.00. The number of anilines is 1. The maximum absolute atomic E-state index is 13.8. The second-order valence-electron chi connectivity index (χ2n) is 6.03. The molecule has 0 aromatic heterocycles. The third kappa shape index (κ3) is 3.24. The third-order valence-corrected chi connectivity index (χ3v) is 4.56. The number of carbonyl (C=O) groups is 2. The van der Waals surface area contributed by atoms with Gasteiger partial charge >= 0.3 is 5.97 Å². The molecule has 25 heavy (non-hydrogen) atoms. The highest BCUT2D eigenvalue weighted by Gasteiger charge is 2.35. The van der Waals surface area contributed by atoms with Crippen molar-refractivity contribution in [1.82, 2.24) is 0 Å². The van der Waals surface area contributed by atoms with Gasteiger partial charge in [-0.2, -0.15) is 0 Å². The van der Waals surface area contributed by atoms with E-state index in [4.69, 9.17) is 16.3 Å². The van der Waals surface area contributed by atoms with E-state index in [9.17, 15) is 14.0 Å². The van der Waals surface area contributed by atoms with Gasteiger partial charge in [-0.25, -0.2) is 9.18 Å². The molecule has 4 nitrogen and oxygen atoms in total. The molecule has 0 fully saturated rings. The van der Waals surface area contributed by atoms with Gasteiger partial charge in [-0.1, -0.05) is 35.9 Å². The van der Waals surface area contributed by atoms with Crippen molar-refractivity contribution in [3.63, 3.8) is 0 Å². The van der Waals surface area contributed by atoms with Crippen LogP contribution in [-0.2, 0) is 16.0 Å². The van der Waals surface area contributed by atoms with Crippen molar-refractivity contribution in [2.75, 3.05) is 4.90 Å². The predicted molar refractivity (Wildman–Crippen MR) is 93.4 cm³/mol. The second-order valence-corrected chi connectivity index (χ2v) is 6.44. The minimum atomic E-state index is -1.06. The van der Waals surface area contributed by atoms with E-state index in [1.54, 1.807) is 4.90 Å². The van der Waals surface area contributed by atoms with Crippen LogP contribution in [0.1, 0.15) is 29.8 Å². The van der Waals surface area contributed by atoms with Crippen LogP contribution in [0.3, 0.4) is 0 Å². The number of benzene rings is 2. The quantitative estimate of drug-likeness (QED) is 0.776. The molecular formula is C19H17ClFNO3. The summed E-state index contributed by atoms with van der Waals surface area (Å²) in [5, 5.41) is -0.0514. The maximum atomic E-state index is 13.8. The molecular weight excluding hydrogens is 345 g/mol. The number of amides is 1. The lowest BCUT2D eigenvalue weighted by atomic mass is 10.1. The first-order valence-electron chi connectivity index (χ1n) is 7.96. The van der Waals surface area contributed by atoms with Crippen LogP contribution >= 0.6 is 11.6 Å². The number of nitrogens with zero attached hydrogens (tertiary/aromatic N) is 1. The van der Waals surface area contributed by atoms with Crippen molar-refractivity contribution in [2.45, 2.75) is 32.4 Å². The van der Waals surface area contributed by atoms with Crippen molar-refractivity contribution >= 4 is 29.2 Å². The molecule has 1 aliphatic heterocycles. The minimum absolute atomic E-state index is 0.0388. The highest BCUT2D eigenvalue weighted by molar-refractivity contribution is 6.33. The zero-order chi connectivity index (χ0) is 18.1. The molecule has 0 bridgehead atoms. The van der Waals surface area contributed by atoms with E-state index < -0.39 is 17.9 Å². The average Bonchev–Trinajstić information content (AvgIpc) is 2.89. The zero-order valence-corrected chi connectivity index (χ0v) is 14.6. The van der Waals surface area contributed by atoms with Crippen LogP contribution < -0.4 is 4.90 Å². The average molecular weight is 362 g/mol. The fraction of sp³-hybridized carbons (Fsp3) is 0.263. The molecule has 0 aliphatic carbocycles. The van der Waals surface area contributed by atoms with Crippen LogP contribution in [0.25, 0.3) is 0 Å². The second kappa shape index (κ2) is 6.84. The summed E-state index contributed by atoms with van der Waals surface area (Å²) in [6.07, 6.45) is -0.321. The molecule has 0 saturated heterocycles. The summed E-state index contributed by atoms with van der Waals surface area (Å²) in [6, 6.07) is 11.5. The Morgan fingerprint density at radius 1 is 1.24 bits per heavy atom. The van der Waals surface area contributed by atoms with Gasteiger partial charge in [-0.15, -0.1) is 0 Å². The largest absolute Gasteiger partial charge is 0.449 e. The summed E-state index contributed by atoms with van der Waals surface area (Å²) < 4.78 is 19.0. The number of hydrogen-bond donors (Lipinski definition) is 0. The van der Waals surface area contributed by atoms with Crippen molar-refractivity contribution in [1.29, 1.82) is 0 Å². The normalized spacial score (nSPS) is 17.1. The SMILES string of the molecule is C[C@@H]1Cc2ccccc2N1C(=O)[C@@H](C)OC(=O)c1c(F)cccc1Cl. The van der Waals surface area contributed by atoms with Gasteiger partial charge in [0.2, 0.25) is 0 Å². The third-order valence-electron chi connectivity index (χ3n) is 4.24. The Labute approximate surface area is 150 Å². The van der Waals surface area contributed by atoms with Crippen LogP contribution in [0.2, 0.25) is 5.02 Å². The molecule has 0 saturated carbocycles. The lowest BCUT2D eigenvalue weighted by Gasteiger charge is -2.26. The summed E-state index contributed by atoms with van der Waals surface area (Å²) in [5.74, 6) is -2.08. The number of carbonyl (C=O) groups excluding carboxylic acids is 2. The Morgan fingerprint density at radius 2 is 1.96 bits per heavy atom. The van der Waals surface area contributed by atoms with Crippen LogP contribution in [0, 0.1) is 5.82 Å². The molecule has 0 spiro atoms. The Hall–Kier alpha value is -2.40. The monoisotopic (exact) mass is 361 g/mol. The zero-order valence-electron chi connectivity index (χ0n) is 13.8. The highest BCUT2D eigenvalue weighted by Crippen LogP contribution is 2.32. The number of halogens is 2. The fourth-order valence-electron chi connectivity index (χ4n) is 3.06. The molecule has 0 radical (unpaired) electrons. The van der Waals surface area contributed by atoms with E-state index in [2.05, 4.69) is 0 Å². The van der Waals surface area contributed by atoms with E-state index >= 15 is 0 Å². The van der Waals surface area contributed by atoms with Gasteiger partial charge in [-0.05, 0) is 44.0 Å². The fourth-order valence-corrected chi connectivity index (χ4v) is 3.30. The maximum Gasteiger partial charge on any atom is 0.343 e. The van der Waals surface area contributed by atoms with Crippen molar-refractivity contribution in [3.8, 4) is 0 Å². The summed E-state index contributed by atoms with van der Waals surface area (Å²) in [4.78, 5) is 26.6. The standard InChI is InChI=1S/C19H17ClFNO3/c1-11-10-13-6-3-4-9-16(13)22(11)18(23)12(2)25-19(24)17-14(20)7-5-8-15(17)21/h3-9,11-12H,10H2,1-2H3/t11-,12-/m1/s1. The molecule has 1 heterocycles. The first kappa shape index (κ1) is 17.4. The first-order valence-corrected chi connectivity index (χ1v) is 8.34. The Kier molecular flexibility index (Phi) is 4.77. The molecule has 1 aliphatic rings. The van der Waals surface area contributed by atoms with Gasteiger partial charge in [0.1, 0.15) is 11.4 Å². The van der Waals surface area contributed by atoms with E-state index in [1.165, 1.54) is 19.1 Å². The van der Waals surface area contributed by atoms with Gasteiger partial charge in [0, 0.05) is 11.7 Å². The van der Waals surface area contributed by atoms with Gasteiger partial charge in [-0.3, -0.25) is 4.79 Å². The van der Waals surface area contributed by atoms with Gasteiger partial charge in [0.25, 0.3) is 5.91 Å². The van der Waals surface area contributed by atoms with Crippen molar-refractivity contribution < 1.29 is 18.7 Å². The topological polar surface area (TPSA) is 46.6 Å². The van der Waals surface area contributed by atoms with E-state index in [0.717, 1.165) is 23.7 Å². The van der Waals surface area contributed by atoms with Crippen molar-refractivity contribution in [3.05, 3.63) is 64.4 Å². The van der Waals surface area contributed by atoms with Crippen molar-refractivity contribution in [2.24, 2.45) is 0 Å². The Morgan fingerprint density at radius 3 is 2.68 bits per heavy atom. The molecule has 2 aromatic rings. The molecule has 0 N–H and O–H groups in total. The molecule has 0 unspecified atom stereocenters. The number of fused-ring (bicyclic) bond motifs is 1. The van der Waals surface area contributed by atoms with Crippen LogP contribution in [-0.4, -0.2) is 24.0 Å². The molecule has 1 amide bonds. The summed E-state index contributed by atoms with van der Waals surface area (Å²) >= 11 is 5.87. The van der Waals surface area contributed by atoms with Gasteiger partial charge in [0.05, 0.1) is 5.02 Å². The molecule has 2 aromatic carbocycles. The lowest BCUT2D eigenvalue weighted by Crippen LogP contribution is -2.43. The smallest absolute Gasteiger partial charge is 0.343 e. The summed E-state index contributed by atoms with van der Waals surface area (Å²) in [7, 11) is 0. The number of esters is 1. The van der Waals surface area contributed by atoms with Crippen LogP contribution in [0.5, 0.6) is 0 Å². The number of hydrogen-bond acceptors (Lipinski definition) is 3. The van der Waals surface area contributed by atoms with Crippen LogP contribution in [0.15, 0.2) is 42.5 Å². The van der Waals surface area contributed by atoms with E-state index in [-0.39, 0.29) is 22.5 Å². The number of para-hydroxylation sites is 1. The van der Waals surface area contributed by atoms with Gasteiger partial charge < -0.3 is 9.64 Å².